The topological polar surface area (TPSA) is 64.9 Å². The molecule has 0 radical (unpaired) electrons. The van der Waals surface area contributed by atoms with Crippen molar-refractivity contribution in [2.24, 2.45) is 5.92 Å². The van der Waals surface area contributed by atoms with Crippen LogP contribution in [0.25, 0.3) is 0 Å². The van der Waals surface area contributed by atoms with E-state index < -0.39 is 0 Å². The summed E-state index contributed by atoms with van der Waals surface area (Å²) in [6.45, 7) is 11.8. The second kappa shape index (κ2) is 8.98. The van der Waals surface area contributed by atoms with E-state index in [4.69, 9.17) is 4.74 Å². The summed E-state index contributed by atoms with van der Waals surface area (Å²) in [5.41, 5.74) is 0. The van der Waals surface area contributed by atoms with Gasteiger partial charge in [0, 0.05) is 6.61 Å². The SMILES string of the molecule is CCCCOCCn1nnnc1C(C)NCC(C)C. The minimum Gasteiger partial charge on any atom is -0.380 e. The monoisotopic (exact) mass is 269 g/mol. The molecule has 1 aromatic rings. The third kappa shape index (κ3) is 6.11. The number of hydrogen-bond donors (Lipinski definition) is 1. The number of ether oxygens (including phenoxy) is 1. The van der Waals surface area contributed by atoms with E-state index in [1.807, 2.05) is 4.68 Å². The Morgan fingerprint density at radius 3 is 2.74 bits per heavy atom. The van der Waals surface area contributed by atoms with Gasteiger partial charge in [0.2, 0.25) is 0 Å². The van der Waals surface area contributed by atoms with Crippen LogP contribution in [0, 0.1) is 5.92 Å². The average Bonchev–Trinajstić information content (AvgIpc) is 2.84. The largest absolute Gasteiger partial charge is 0.380 e. The number of nitrogens with one attached hydrogen (secondary N) is 1. The molecule has 0 amide bonds. The average molecular weight is 269 g/mol. The lowest BCUT2D eigenvalue weighted by Crippen LogP contribution is -2.26. The molecule has 0 aliphatic carbocycles. The van der Waals surface area contributed by atoms with Crippen LogP contribution in [0.5, 0.6) is 0 Å². The fourth-order valence-electron chi connectivity index (χ4n) is 1.68. The van der Waals surface area contributed by atoms with Crippen molar-refractivity contribution >= 4 is 0 Å². The minimum atomic E-state index is 0.160. The predicted molar refractivity (Wildman–Crippen MR) is 74.8 cm³/mol. The van der Waals surface area contributed by atoms with E-state index in [1.165, 1.54) is 0 Å². The maximum Gasteiger partial charge on any atom is 0.168 e. The highest BCUT2D eigenvalue weighted by atomic mass is 16.5. The predicted octanol–water partition coefficient (Wildman–Crippen LogP) is 1.80. The summed E-state index contributed by atoms with van der Waals surface area (Å²) < 4.78 is 7.37. The van der Waals surface area contributed by atoms with Gasteiger partial charge in [0.15, 0.2) is 5.82 Å². The molecule has 0 spiro atoms. The van der Waals surface area contributed by atoms with Crippen LogP contribution in [0.2, 0.25) is 0 Å². The van der Waals surface area contributed by atoms with E-state index >= 15 is 0 Å². The third-order valence-electron chi connectivity index (χ3n) is 2.87. The third-order valence-corrected chi connectivity index (χ3v) is 2.87. The maximum absolute atomic E-state index is 5.54. The van der Waals surface area contributed by atoms with Crippen LogP contribution in [0.15, 0.2) is 0 Å². The zero-order valence-corrected chi connectivity index (χ0v) is 12.6. The zero-order valence-electron chi connectivity index (χ0n) is 12.6. The molecular weight excluding hydrogens is 242 g/mol. The Kier molecular flexibility index (Phi) is 7.59. The fraction of sp³-hybridized carbons (Fsp3) is 0.923. The van der Waals surface area contributed by atoms with Crippen LogP contribution in [0.4, 0.5) is 0 Å². The van der Waals surface area contributed by atoms with Gasteiger partial charge in [-0.05, 0) is 36.2 Å². The van der Waals surface area contributed by atoms with Crippen LogP contribution in [0.3, 0.4) is 0 Å². The van der Waals surface area contributed by atoms with Crippen LogP contribution >= 0.6 is 0 Å². The Morgan fingerprint density at radius 1 is 1.26 bits per heavy atom. The van der Waals surface area contributed by atoms with Crippen LogP contribution in [-0.4, -0.2) is 40.0 Å². The molecule has 0 aromatic carbocycles. The Hall–Kier alpha value is -1.01. The molecule has 0 saturated heterocycles. The van der Waals surface area contributed by atoms with Gasteiger partial charge in [-0.3, -0.25) is 0 Å². The Labute approximate surface area is 115 Å². The van der Waals surface area contributed by atoms with Gasteiger partial charge in [-0.1, -0.05) is 27.2 Å². The molecule has 1 aromatic heterocycles. The molecule has 6 heteroatoms. The van der Waals surface area contributed by atoms with E-state index in [9.17, 15) is 0 Å². The number of tetrazole rings is 1. The molecule has 0 aliphatic rings. The standard InChI is InChI=1S/C13H27N5O/c1-5-6-8-19-9-7-18-13(15-16-17-18)12(4)14-10-11(2)3/h11-12,14H,5-10H2,1-4H3. The van der Waals surface area contributed by atoms with Crippen molar-refractivity contribution in [1.82, 2.24) is 25.5 Å². The smallest absolute Gasteiger partial charge is 0.168 e. The highest BCUT2D eigenvalue weighted by molar-refractivity contribution is 4.89. The molecule has 19 heavy (non-hydrogen) atoms. The maximum atomic E-state index is 5.54. The fourth-order valence-corrected chi connectivity index (χ4v) is 1.68. The van der Waals surface area contributed by atoms with Crippen molar-refractivity contribution in [2.75, 3.05) is 19.8 Å². The second-order valence-electron chi connectivity index (χ2n) is 5.25. The number of hydrogen-bond acceptors (Lipinski definition) is 5. The van der Waals surface area contributed by atoms with Gasteiger partial charge in [0.05, 0.1) is 19.2 Å². The summed E-state index contributed by atoms with van der Waals surface area (Å²) in [7, 11) is 0. The van der Waals surface area contributed by atoms with Gasteiger partial charge in [-0.2, -0.15) is 0 Å². The molecule has 1 unspecified atom stereocenters. The summed E-state index contributed by atoms with van der Waals surface area (Å²) in [4.78, 5) is 0. The summed E-state index contributed by atoms with van der Waals surface area (Å²) in [6.07, 6.45) is 2.26. The van der Waals surface area contributed by atoms with E-state index in [-0.39, 0.29) is 6.04 Å². The number of nitrogens with zero attached hydrogens (tertiary/aromatic N) is 4. The molecule has 0 saturated carbocycles. The molecule has 110 valence electrons. The summed E-state index contributed by atoms with van der Waals surface area (Å²) in [5, 5.41) is 15.3. The molecule has 0 fully saturated rings. The van der Waals surface area contributed by atoms with Crippen molar-refractivity contribution < 1.29 is 4.74 Å². The van der Waals surface area contributed by atoms with Crippen LogP contribution in [0.1, 0.15) is 52.4 Å². The lowest BCUT2D eigenvalue weighted by molar-refractivity contribution is 0.119. The van der Waals surface area contributed by atoms with Gasteiger partial charge in [-0.15, -0.1) is 5.10 Å². The Bertz CT molecular complexity index is 340. The van der Waals surface area contributed by atoms with Crippen LogP contribution in [-0.2, 0) is 11.3 Å². The lowest BCUT2D eigenvalue weighted by Gasteiger charge is -2.15. The van der Waals surface area contributed by atoms with E-state index in [2.05, 4.69) is 48.5 Å². The first-order chi connectivity index (χ1) is 9.15. The van der Waals surface area contributed by atoms with E-state index in [1.54, 1.807) is 0 Å². The normalized spacial score (nSPS) is 13.1. The number of unbranched alkanes of at least 4 members (excludes halogenated alkanes) is 1. The second-order valence-corrected chi connectivity index (χ2v) is 5.25. The Balaban J connectivity index is 2.36. The van der Waals surface area contributed by atoms with Crippen molar-refractivity contribution in [2.45, 2.75) is 53.1 Å². The van der Waals surface area contributed by atoms with Crippen molar-refractivity contribution in [1.29, 1.82) is 0 Å². The molecule has 6 nitrogen and oxygen atoms in total. The van der Waals surface area contributed by atoms with Gasteiger partial charge >= 0.3 is 0 Å². The van der Waals surface area contributed by atoms with E-state index in [0.717, 1.165) is 31.8 Å². The molecule has 1 atom stereocenters. The highest BCUT2D eigenvalue weighted by Crippen LogP contribution is 2.08. The first-order valence-electron chi connectivity index (χ1n) is 7.22. The van der Waals surface area contributed by atoms with Gasteiger partial charge in [-0.25, -0.2) is 4.68 Å². The van der Waals surface area contributed by atoms with Gasteiger partial charge in [0.25, 0.3) is 0 Å². The zero-order chi connectivity index (χ0) is 14.1. The number of aromatic nitrogens is 4. The number of rotatable bonds is 10. The first kappa shape index (κ1) is 16.0. The first-order valence-corrected chi connectivity index (χ1v) is 7.22. The van der Waals surface area contributed by atoms with Crippen LogP contribution < -0.4 is 5.32 Å². The minimum absolute atomic E-state index is 0.160. The molecular formula is C13H27N5O. The molecule has 1 rings (SSSR count). The summed E-state index contributed by atoms with van der Waals surface area (Å²) >= 11 is 0. The summed E-state index contributed by atoms with van der Waals surface area (Å²) in [5.74, 6) is 1.49. The molecule has 0 aliphatic heterocycles. The Morgan fingerprint density at radius 2 is 2.05 bits per heavy atom. The molecule has 1 heterocycles. The summed E-state index contributed by atoms with van der Waals surface area (Å²) in [6, 6.07) is 0.160. The quantitative estimate of drug-likeness (QED) is 0.656. The van der Waals surface area contributed by atoms with E-state index in [0.29, 0.717) is 19.1 Å². The van der Waals surface area contributed by atoms with Crippen molar-refractivity contribution in [3.8, 4) is 0 Å². The van der Waals surface area contributed by atoms with Gasteiger partial charge in [0.1, 0.15) is 0 Å². The van der Waals surface area contributed by atoms with Crippen molar-refractivity contribution in [3.05, 3.63) is 5.82 Å². The molecule has 1 N–H and O–H groups in total. The lowest BCUT2D eigenvalue weighted by atomic mass is 10.2. The van der Waals surface area contributed by atoms with Crippen molar-refractivity contribution in [3.63, 3.8) is 0 Å². The molecule has 0 bridgehead atoms. The highest BCUT2D eigenvalue weighted by Gasteiger charge is 2.14. The van der Waals surface area contributed by atoms with Gasteiger partial charge < -0.3 is 10.1 Å².